The molecule has 0 radical (unpaired) electrons. The molecule has 4 rings (SSSR count). The zero-order valence-corrected chi connectivity index (χ0v) is 11.5. The van der Waals surface area contributed by atoms with E-state index >= 15 is 0 Å². The third-order valence-electron chi connectivity index (χ3n) is 5.71. The van der Waals surface area contributed by atoms with Gasteiger partial charge in [-0.25, -0.2) is 0 Å². The minimum Gasteiger partial charge on any atom is -0.0758 e. The van der Waals surface area contributed by atoms with Gasteiger partial charge in [0.2, 0.25) is 0 Å². The highest BCUT2D eigenvalue weighted by molar-refractivity contribution is 5.63. The standard InChI is InChI=1S/C19H20/c1-18(11-4-5-12-18)19(13-6-14-19)17-10-9-15-7-2-3-8-16(15)17/h2-5,7-12,17H,6,13-14H2,1H3. The molecule has 3 aliphatic carbocycles. The van der Waals surface area contributed by atoms with E-state index in [1.54, 1.807) is 0 Å². The summed E-state index contributed by atoms with van der Waals surface area (Å²) >= 11 is 0. The van der Waals surface area contributed by atoms with E-state index in [2.05, 4.69) is 67.6 Å². The molecule has 1 atom stereocenters. The summed E-state index contributed by atoms with van der Waals surface area (Å²) in [5.74, 6) is 0.592. The van der Waals surface area contributed by atoms with Crippen LogP contribution in [0.5, 0.6) is 0 Å². The molecule has 1 fully saturated rings. The Bertz CT molecular complexity index is 584. The van der Waals surface area contributed by atoms with E-state index in [1.165, 1.54) is 30.4 Å². The number of hydrogen-bond donors (Lipinski definition) is 0. The summed E-state index contributed by atoms with van der Waals surface area (Å²) in [6.07, 6.45) is 18.1. The Kier molecular flexibility index (Phi) is 2.21. The topological polar surface area (TPSA) is 0 Å². The second-order valence-electron chi connectivity index (χ2n) is 6.48. The van der Waals surface area contributed by atoms with Crippen molar-refractivity contribution in [1.29, 1.82) is 0 Å². The molecule has 0 bridgehead atoms. The molecule has 0 saturated heterocycles. The summed E-state index contributed by atoms with van der Waals surface area (Å²) in [4.78, 5) is 0. The molecule has 3 aliphatic rings. The predicted molar refractivity (Wildman–Crippen MR) is 80.9 cm³/mol. The van der Waals surface area contributed by atoms with Crippen molar-refractivity contribution in [2.45, 2.75) is 32.1 Å². The van der Waals surface area contributed by atoms with Crippen molar-refractivity contribution < 1.29 is 0 Å². The first-order valence-corrected chi connectivity index (χ1v) is 7.39. The van der Waals surface area contributed by atoms with Crippen molar-refractivity contribution in [1.82, 2.24) is 0 Å². The maximum Gasteiger partial charge on any atom is 0.0104 e. The van der Waals surface area contributed by atoms with E-state index in [4.69, 9.17) is 0 Å². The lowest BCUT2D eigenvalue weighted by molar-refractivity contribution is 0.0222. The zero-order chi connectivity index (χ0) is 12.9. The molecule has 19 heavy (non-hydrogen) atoms. The monoisotopic (exact) mass is 248 g/mol. The van der Waals surface area contributed by atoms with Crippen molar-refractivity contribution in [2.75, 3.05) is 0 Å². The van der Waals surface area contributed by atoms with Crippen molar-refractivity contribution >= 4 is 6.08 Å². The first-order chi connectivity index (χ1) is 9.25. The molecular weight excluding hydrogens is 228 g/mol. The normalized spacial score (nSPS) is 28.4. The molecule has 96 valence electrons. The third-order valence-corrected chi connectivity index (χ3v) is 5.71. The van der Waals surface area contributed by atoms with E-state index in [-0.39, 0.29) is 5.41 Å². The van der Waals surface area contributed by atoms with Gasteiger partial charge in [-0.3, -0.25) is 0 Å². The fourth-order valence-corrected chi connectivity index (χ4v) is 4.37. The second-order valence-corrected chi connectivity index (χ2v) is 6.48. The molecule has 0 nitrogen and oxygen atoms in total. The van der Waals surface area contributed by atoms with Crippen LogP contribution in [0.15, 0.2) is 54.6 Å². The molecule has 1 saturated carbocycles. The van der Waals surface area contributed by atoms with Gasteiger partial charge in [0.25, 0.3) is 0 Å². The minimum absolute atomic E-state index is 0.234. The van der Waals surface area contributed by atoms with Crippen LogP contribution in [-0.4, -0.2) is 0 Å². The lowest BCUT2D eigenvalue weighted by atomic mass is 9.48. The zero-order valence-electron chi connectivity index (χ0n) is 11.5. The van der Waals surface area contributed by atoms with Crippen molar-refractivity contribution in [3.63, 3.8) is 0 Å². The van der Waals surface area contributed by atoms with Gasteiger partial charge < -0.3 is 0 Å². The number of allylic oxidation sites excluding steroid dienone is 5. The maximum atomic E-state index is 2.45. The third kappa shape index (κ3) is 1.35. The lowest BCUT2D eigenvalue weighted by Crippen LogP contribution is -2.46. The molecule has 0 heteroatoms. The van der Waals surface area contributed by atoms with Crippen LogP contribution in [-0.2, 0) is 0 Å². The molecule has 0 spiro atoms. The van der Waals surface area contributed by atoms with Gasteiger partial charge in [0.1, 0.15) is 0 Å². The van der Waals surface area contributed by atoms with E-state index in [9.17, 15) is 0 Å². The van der Waals surface area contributed by atoms with E-state index in [0.717, 1.165) is 0 Å². The van der Waals surface area contributed by atoms with Gasteiger partial charge in [0, 0.05) is 11.3 Å². The predicted octanol–water partition coefficient (Wildman–Crippen LogP) is 5.10. The second kappa shape index (κ2) is 3.72. The fourth-order valence-electron chi connectivity index (χ4n) is 4.37. The summed E-state index contributed by atoms with van der Waals surface area (Å²) in [7, 11) is 0. The van der Waals surface area contributed by atoms with Crippen molar-refractivity contribution in [3.8, 4) is 0 Å². The number of rotatable bonds is 2. The average Bonchev–Trinajstić information content (AvgIpc) is 2.97. The largest absolute Gasteiger partial charge is 0.0758 e. The molecule has 0 heterocycles. The van der Waals surface area contributed by atoms with Gasteiger partial charge in [-0.05, 0) is 29.4 Å². The Morgan fingerprint density at radius 3 is 2.47 bits per heavy atom. The van der Waals surface area contributed by atoms with E-state index in [1.807, 2.05) is 0 Å². The molecule has 0 amide bonds. The molecule has 0 aromatic heterocycles. The van der Waals surface area contributed by atoms with E-state index in [0.29, 0.717) is 11.3 Å². The van der Waals surface area contributed by atoms with Crippen LogP contribution in [0.1, 0.15) is 43.2 Å². The van der Waals surface area contributed by atoms with Gasteiger partial charge in [-0.2, -0.15) is 0 Å². The SMILES string of the molecule is CC1(C2(C3C=Cc4ccccc43)CCC2)C=CC=C1. The van der Waals surface area contributed by atoms with Gasteiger partial charge in [-0.15, -0.1) is 0 Å². The maximum absolute atomic E-state index is 2.45. The Morgan fingerprint density at radius 2 is 1.79 bits per heavy atom. The van der Waals surface area contributed by atoms with Gasteiger partial charge in [-0.1, -0.05) is 74.1 Å². The van der Waals surface area contributed by atoms with Crippen LogP contribution in [0.3, 0.4) is 0 Å². The summed E-state index contributed by atoms with van der Waals surface area (Å²) in [6.45, 7) is 2.42. The quantitative estimate of drug-likeness (QED) is 0.683. The Morgan fingerprint density at radius 1 is 1.05 bits per heavy atom. The van der Waals surface area contributed by atoms with Crippen molar-refractivity contribution in [2.24, 2.45) is 10.8 Å². The molecule has 0 aliphatic heterocycles. The Labute approximate surface area is 115 Å². The number of fused-ring (bicyclic) bond motifs is 1. The minimum atomic E-state index is 0.234. The van der Waals surface area contributed by atoms with Gasteiger partial charge in [0.15, 0.2) is 0 Å². The number of benzene rings is 1. The summed E-state index contributed by atoms with van der Waals surface area (Å²) in [5, 5.41) is 0. The van der Waals surface area contributed by atoms with Crippen LogP contribution in [0, 0.1) is 10.8 Å². The van der Waals surface area contributed by atoms with Crippen LogP contribution in [0.25, 0.3) is 6.08 Å². The first kappa shape index (κ1) is 11.3. The van der Waals surface area contributed by atoms with Crippen LogP contribution in [0.4, 0.5) is 0 Å². The number of hydrogen-bond acceptors (Lipinski definition) is 0. The molecule has 0 N–H and O–H groups in total. The molecule has 1 aromatic carbocycles. The van der Waals surface area contributed by atoms with E-state index < -0.39 is 0 Å². The smallest absolute Gasteiger partial charge is 0.0104 e. The molecular formula is C19H20. The Hall–Kier alpha value is -1.56. The Balaban J connectivity index is 1.82. The summed E-state index contributed by atoms with van der Waals surface area (Å²) in [5.41, 5.74) is 3.60. The van der Waals surface area contributed by atoms with Gasteiger partial charge in [0.05, 0.1) is 0 Å². The highest BCUT2D eigenvalue weighted by Crippen LogP contribution is 2.65. The highest BCUT2D eigenvalue weighted by Gasteiger charge is 2.55. The van der Waals surface area contributed by atoms with Crippen LogP contribution in [0.2, 0.25) is 0 Å². The summed E-state index contributed by atoms with van der Waals surface area (Å²) < 4.78 is 0. The average molecular weight is 248 g/mol. The fraction of sp³-hybridized carbons (Fsp3) is 0.368. The van der Waals surface area contributed by atoms with Crippen LogP contribution < -0.4 is 0 Å². The highest BCUT2D eigenvalue weighted by atomic mass is 14.6. The first-order valence-electron chi connectivity index (χ1n) is 7.39. The molecule has 1 aromatic rings. The van der Waals surface area contributed by atoms with Gasteiger partial charge >= 0.3 is 0 Å². The molecule has 1 unspecified atom stereocenters. The lowest BCUT2D eigenvalue weighted by Gasteiger charge is -2.55. The summed E-state index contributed by atoms with van der Waals surface area (Å²) in [6, 6.07) is 8.91. The van der Waals surface area contributed by atoms with Crippen LogP contribution >= 0.6 is 0 Å². The van der Waals surface area contributed by atoms with Crippen molar-refractivity contribution in [3.05, 3.63) is 65.8 Å².